The summed E-state index contributed by atoms with van der Waals surface area (Å²) in [6, 6.07) is 13.1. The van der Waals surface area contributed by atoms with Gasteiger partial charge in [-0.1, -0.05) is 35.9 Å². The van der Waals surface area contributed by atoms with Crippen molar-refractivity contribution in [2.24, 2.45) is 0 Å². The van der Waals surface area contributed by atoms with E-state index in [1.165, 1.54) is 0 Å². The maximum absolute atomic E-state index is 12.3. The van der Waals surface area contributed by atoms with E-state index in [-0.39, 0.29) is 11.9 Å². The van der Waals surface area contributed by atoms with Crippen LogP contribution in [0.25, 0.3) is 22.7 Å². The van der Waals surface area contributed by atoms with Crippen molar-refractivity contribution in [1.82, 2.24) is 24.9 Å². The highest BCUT2D eigenvalue weighted by Crippen LogP contribution is 2.49. The number of pyridine rings is 1. The van der Waals surface area contributed by atoms with Crippen molar-refractivity contribution in [1.29, 1.82) is 0 Å². The Morgan fingerprint density at radius 3 is 2.71 bits per heavy atom. The van der Waals surface area contributed by atoms with Crippen LogP contribution in [0.4, 0.5) is 0 Å². The van der Waals surface area contributed by atoms with Crippen molar-refractivity contribution in [3.05, 3.63) is 70.8 Å². The molecule has 1 saturated carbocycles. The second-order valence-electron chi connectivity index (χ2n) is 8.10. The molecular formula is C23H18ClN5O2. The van der Waals surface area contributed by atoms with Crippen LogP contribution in [0.2, 0.25) is 5.15 Å². The van der Waals surface area contributed by atoms with Gasteiger partial charge in [-0.05, 0) is 43.9 Å². The first kappa shape index (κ1) is 18.4. The van der Waals surface area contributed by atoms with E-state index in [2.05, 4.69) is 19.9 Å². The molecule has 7 nitrogen and oxygen atoms in total. The van der Waals surface area contributed by atoms with Crippen molar-refractivity contribution < 1.29 is 9.53 Å². The molecule has 1 aromatic carbocycles. The molecule has 1 fully saturated rings. The molecule has 0 saturated heterocycles. The molecule has 2 aliphatic rings. The van der Waals surface area contributed by atoms with Crippen molar-refractivity contribution >= 4 is 28.7 Å². The molecule has 154 valence electrons. The molecule has 0 bridgehead atoms. The SMILES string of the molecule is O=C1O[C@]2(CC[C@H](c3nc4nc(-c5cccc(Cl)n5)ncc4[nH]3)CC2)c2ccccc21. The minimum Gasteiger partial charge on any atom is -0.451 e. The van der Waals surface area contributed by atoms with Crippen LogP contribution in [0.15, 0.2) is 48.7 Å². The molecule has 6 rings (SSSR count). The van der Waals surface area contributed by atoms with E-state index >= 15 is 0 Å². The molecule has 1 aliphatic heterocycles. The third-order valence-electron chi connectivity index (χ3n) is 6.31. The number of imidazole rings is 1. The quantitative estimate of drug-likeness (QED) is 0.362. The van der Waals surface area contributed by atoms with Gasteiger partial charge < -0.3 is 9.72 Å². The van der Waals surface area contributed by atoms with E-state index in [4.69, 9.17) is 21.3 Å². The Hall–Kier alpha value is -3.32. The number of hydrogen-bond acceptors (Lipinski definition) is 6. The standard InChI is InChI=1S/C23H18ClN5O2/c24-18-7-3-6-16(26-18)20-25-12-17-21(29-20)28-19(27-17)13-8-10-23(11-9-13)15-5-2-1-4-14(15)22(30)31-23/h1-7,12-13H,8-11H2,(H,25,27,28,29)/t13-,23-. The summed E-state index contributed by atoms with van der Waals surface area (Å²) in [5.74, 6) is 1.42. The second-order valence-corrected chi connectivity index (χ2v) is 8.49. The van der Waals surface area contributed by atoms with Crippen LogP contribution >= 0.6 is 11.6 Å². The summed E-state index contributed by atoms with van der Waals surface area (Å²) in [5.41, 5.74) is 3.23. The molecular weight excluding hydrogens is 414 g/mol. The van der Waals surface area contributed by atoms with E-state index < -0.39 is 5.60 Å². The molecule has 1 N–H and O–H groups in total. The molecule has 0 unspecified atom stereocenters. The molecule has 0 atom stereocenters. The van der Waals surface area contributed by atoms with Gasteiger partial charge in [0.05, 0.1) is 11.8 Å². The maximum atomic E-state index is 12.3. The van der Waals surface area contributed by atoms with Gasteiger partial charge in [-0.25, -0.2) is 24.7 Å². The number of nitrogens with one attached hydrogen (secondary N) is 1. The molecule has 1 spiro atoms. The number of fused-ring (bicyclic) bond motifs is 3. The normalized spacial score (nSPS) is 22.6. The summed E-state index contributed by atoms with van der Waals surface area (Å²) in [4.78, 5) is 33.7. The zero-order chi connectivity index (χ0) is 21.0. The Labute approximate surface area is 182 Å². The third kappa shape index (κ3) is 2.99. The summed E-state index contributed by atoms with van der Waals surface area (Å²) in [7, 11) is 0. The van der Waals surface area contributed by atoms with Crippen LogP contribution in [-0.2, 0) is 10.3 Å². The zero-order valence-corrected chi connectivity index (χ0v) is 17.3. The van der Waals surface area contributed by atoms with Crippen molar-refractivity contribution in [3.8, 4) is 11.5 Å². The average molecular weight is 432 g/mol. The fourth-order valence-corrected chi connectivity index (χ4v) is 4.91. The largest absolute Gasteiger partial charge is 0.451 e. The number of hydrogen-bond donors (Lipinski definition) is 1. The number of aromatic amines is 1. The van der Waals surface area contributed by atoms with Crippen LogP contribution in [-0.4, -0.2) is 30.9 Å². The molecule has 4 heterocycles. The molecule has 3 aromatic heterocycles. The van der Waals surface area contributed by atoms with Crippen LogP contribution in [0.1, 0.15) is 53.3 Å². The Morgan fingerprint density at radius 2 is 1.87 bits per heavy atom. The number of halogens is 1. The van der Waals surface area contributed by atoms with E-state index in [1.807, 2.05) is 36.4 Å². The minimum atomic E-state index is -0.499. The zero-order valence-electron chi connectivity index (χ0n) is 16.5. The summed E-state index contributed by atoms with van der Waals surface area (Å²) >= 11 is 5.99. The lowest BCUT2D eigenvalue weighted by molar-refractivity contribution is -0.0312. The molecule has 0 radical (unpaired) electrons. The molecule has 4 aromatic rings. The van der Waals surface area contributed by atoms with Gasteiger partial charge in [0, 0.05) is 11.5 Å². The summed E-state index contributed by atoms with van der Waals surface area (Å²) in [6.45, 7) is 0. The fourth-order valence-electron chi connectivity index (χ4n) is 4.75. The van der Waals surface area contributed by atoms with Gasteiger partial charge in [0.2, 0.25) is 0 Å². The fraction of sp³-hybridized carbons (Fsp3) is 0.261. The number of carbonyl (C=O) groups is 1. The van der Waals surface area contributed by atoms with Crippen LogP contribution in [0.5, 0.6) is 0 Å². The Balaban J connectivity index is 1.26. The van der Waals surface area contributed by atoms with Crippen LogP contribution in [0, 0.1) is 0 Å². The van der Waals surface area contributed by atoms with E-state index in [0.717, 1.165) is 42.6 Å². The van der Waals surface area contributed by atoms with Gasteiger partial charge >= 0.3 is 5.97 Å². The highest BCUT2D eigenvalue weighted by Gasteiger charge is 2.47. The lowest BCUT2D eigenvalue weighted by Crippen LogP contribution is -2.31. The van der Waals surface area contributed by atoms with Gasteiger partial charge in [0.25, 0.3) is 0 Å². The third-order valence-corrected chi connectivity index (χ3v) is 6.52. The number of carbonyl (C=O) groups excluding carboxylic acids is 1. The highest BCUT2D eigenvalue weighted by atomic mass is 35.5. The first-order chi connectivity index (χ1) is 15.1. The number of esters is 1. The molecule has 31 heavy (non-hydrogen) atoms. The lowest BCUT2D eigenvalue weighted by atomic mass is 9.75. The molecule has 1 aliphatic carbocycles. The first-order valence-electron chi connectivity index (χ1n) is 10.3. The maximum Gasteiger partial charge on any atom is 0.339 e. The van der Waals surface area contributed by atoms with Gasteiger partial charge in [-0.15, -0.1) is 0 Å². The van der Waals surface area contributed by atoms with E-state index in [1.54, 1.807) is 12.3 Å². The topological polar surface area (TPSA) is 93.7 Å². The van der Waals surface area contributed by atoms with Crippen LogP contribution in [0.3, 0.4) is 0 Å². The Morgan fingerprint density at radius 1 is 1.03 bits per heavy atom. The predicted octanol–water partition coefficient (Wildman–Crippen LogP) is 4.79. The number of ether oxygens (including phenoxy) is 1. The second kappa shape index (κ2) is 6.85. The molecule has 8 heteroatoms. The summed E-state index contributed by atoms with van der Waals surface area (Å²) in [6.07, 6.45) is 5.03. The smallest absolute Gasteiger partial charge is 0.339 e. The summed E-state index contributed by atoms with van der Waals surface area (Å²) in [5, 5.41) is 0.397. The lowest BCUT2D eigenvalue weighted by Gasteiger charge is -2.35. The van der Waals surface area contributed by atoms with Gasteiger partial charge in [0.15, 0.2) is 11.5 Å². The van der Waals surface area contributed by atoms with Crippen molar-refractivity contribution in [3.63, 3.8) is 0 Å². The van der Waals surface area contributed by atoms with E-state index in [0.29, 0.717) is 27.9 Å². The highest BCUT2D eigenvalue weighted by molar-refractivity contribution is 6.29. The minimum absolute atomic E-state index is 0.213. The van der Waals surface area contributed by atoms with Crippen LogP contribution < -0.4 is 0 Å². The Bertz CT molecular complexity index is 1330. The predicted molar refractivity (Wildman–Crippen MR) is 115 cm³/mol. The van der Waals surface area contributed by atoms with Gasteiger partial charge in [-0.3, -0.25) is 0 Å². The number of rotatable bonds is 2. The summed E-state index contributed by atoms with van der Waals surface area (Å²) < 4.78 is 5.87. The Kier molecular flexibility index (Phi) is 4.08. The van der Waals surface area contributed by atoms with E-state index in [9.17, 15) is 4.79 Å². The van der Waals surface area contributed by atoms with Crippen molar-refractivity contribution in [2.45, 2.75) is 37.2 Å². The number of aromatic nitrogens is 5. The van der Waals surface area contributed by atoms with Crippen molar-refractivity contribution in [2.75, 3.05) is 0 Å². The number of nitrogens with zero attached hydrogens (tertiary/aromatic N) is 4. The molecule has 0 amide bonds. The number of benzene rings is 1. The van der Waals surface area contributed by atoms with Gasteiger partial charge in [0.1, 0.15) is 27.8 Å². The monoisotopic (exact) mass is 431 g/mol. The van der Waals surface area contributed by atoms with Gasteiger partial charge in [-0.2, -0.15) is 0 Å². The number of H-pyrrole nitrogens is 1. The first-order valence-corrected chi connectivity index (χ1v) is 10.7. The average Bonchev–Trinajstić information content (AvgIpc) is 3.33.